The minimum absolute atomic E-state index is 0.0535. The molecule has 0 aromatic carbocycles. The summed E-state index contributed by atoms with van der Waals surface area (Å²) in [7, 11) is 0. The van der Waals surface area contributed by atoms with E-state index in [1.807, 2.05) is 0 Å². The molecule has 2 saturated heterocycles. The third-order valence-corrected chi connectivity index (χ3v) is 5.40. The Hall–Kier alpha value is -3.13. The number of fused-ring (bicyclic) bond motifs is 2. The number of hydrogen-bond donors (Lipinski definition) is 2. The summed E-state index contributed by atoms with van der Waals surface area (Å²) in [5.74, 6) is 0.980. The number of rotatable bonds is 3. The summed E-state index contributed by atoms with van der Waals surface area (Å²) >= 11 is 0. The van der Waals surface area contributed by atoms with E-state index in [2.05, 4.69) is 36.5 Å². The fourth-order valence-corrected chi connectivity index (χ4v) is 4.09. The molecule has 0 amide bonds. The van der Waals surface area contributed by atoms with Gasteiger partial charge < -0.3 is 10.4 Å². The average molecular weight is 375 g/mol. The smallest absolute Gasteiger partial charge is 0.187 e. The van der Waals surface area contributed by atoms with Crippen molar-refractivity contribution in [2.75, 3.05) is 0 Å². The van der Waals surface area contributed by atoms with E-state index >= 15 is 0 Å². The number of aromatic nitrogens is 6. The molecule has 2 unspecified atom stereocenters. The molecular weight excluding hydrogens is 354 g/mol. The molecule has 142 valence electrons. The third-order valence-electron chi connectivity index (χ3n) is 5.40. The van der Waals surface area contributed by atoms with Gasteiger partial charge in [-0.1, -0.05) is 12.0 Å². The minimum atomic E-state index is 0.0535. The molecule has 5 rings (SSSR count). The Morgan fingerprint density at radius 1 is 1.11 bits per heavy atom. The van der Waals surface area contributed by atoms with Crippen molar-refractivity contribution in [3.05, 3.63) is 48.4 Å². The fraction of sp³-hybridized carbons (Fsp3) is 0.350. The third kappa shape index (κ3) is 3.38. The molecule has 28 heavy (non-hydrogen) atoms. The van der Waals surface area contributed by atoms with Crippen LogP contribution < -0.4 is 5.32 Å². The highest BCUT2D eigenvalue weighted by Crippen LogP contribution is 2.30. The second-order valence-corrected chi connectivity index (χ2v) is 7.44. The number of imidazole rings is 1. The first kappa shape index (κ1) is 17.0. The van der Waals surface area contributed by atoms with Gasteiger partial charge in [-0.15, -0.1) is 10.2 Å². The van der Waals surface area contributed by atoms with Crippen molar-refractivity contribution < 1.29 is 5.11 Å². The summed E-state index contributed by atoms with van der Waals surface area (Å²) in [6.45, 7) is 0. The Morgan fingerprint density at radius 2 is 1.96 bits per heavy atom. The highest BCUT2D eigenvalue weighted by Gasteiger charge is 2.27. The summed E-state index contributed by atoms with van der Waals surface area (Å²) in [4.78, 5) is 12.7. The van der Waals surface area contributed by atoms with E-state index in [0.29, 0.717) is 29.3 Å². The maximum atomic E-state index is 10.4. The highest BCUT2D eigenvalue weighted by atomic mass is 16.3. The predicted molar refractivity (Wildman–Crippen MR) is 104 cm³/mol. The molecule has 5 heterocycles. The Morgan fingerprint density at radius 3 is 2.64 bits per heavy atom. The van der Waals surface area contributed by atoms with Gasteiger partial charge in [-0.25, -0.2) is 15.0 Å². The molecule has 8 heteroatoms. The quantitative estimate of drug-likeness (QED) is 0.725. The van der Waals surface area contributed by atoms with Gasteiger partial charge in [0, 0.05) is 36.7 Å². The van der Waals surface area contributed by atoms with Crippen LogP contribution in [0.2, 0.25) is 0 Å². The zero-order valence-corrected chi connectivity index (χ0v) is 15.4. The molecule has 2 aliphatic heterocycles. The zero-order valence-electron chi connectivity index (χ0n) is 15.4. The van der Waals surface area contributed by atoms with E-state index in [4.69, 9.17) is 0 Å². The van der Waals surface area contributed by atoms with E-state index in [0.717, 1.165) is 18.5 Å². The molecule has 0 aliphatic carbocycles. The Kier molecular flexibility index (Phi) is 4.32. The summed E-state index contributed by atoms with van der Waals surface area (Å²) in [5.41, 5.74) is 2.61. The highest BCUT2D eigenvalue weighted by molar-refractivity contribution is 5.63. The molecule has 8 nitrogen and oxygen atoms in total. The molecule has 2 N–H and O–H groups in total. The number of pyridine rings is 1. The van der Waals surface area contributed by atoms with Crippen LogP contribution >= 0.6 is 0 Å². The van der Waals surface area contributed by atoms with E-state index in [1.54, 1.807) is 41.7 Å². The molecule has 2 fully saturated rings. The summed E-state index contributed by atoms with van der Waals surface area (Å²) in [6, 6.07) is 2.75. The first-order chi connectivity index (χ1) is 13.7. The second kappa shape index (κ2) is 7.12. The normalized spacial score (nSPS) is 21.5. The zero-order chi connectivity index (χ0) is 18.9. The number of nitrogens with one attached hydrogen (secondary N) is 1. The molecule has 0 saturated carbocycles. The van der Waals surface area contributed by atoms with Gasteiger partial charge in [0.1, 0.15) is 23.6 Å². The van der Waals surface area contributed by atoms with Crippen LogP contribution in [-0.2, 0) is 0 Å². The van der Waals surface area contributed by atoms with Crippen LogP contribution in [0.4, 0.5) is 0 Å². The van der Waals surface area contributed by atoms with Crippen LogP contribution in [0.25, 0.3) is 23.3 Å². The molecule has 2 bridgehead atoms. The number of piperidine rings is 2. The van der Waals surface area contributed by atoms with Gasteiger partial charge in [-0.2, -0.15) is 0 Å². The van der Waals surface area contributed by atoms with Gasteiger partial charge in [0.2, 0.25) is 0 Å². The van der Waals surface area contributed by atoms with Crippen LogP contribution in [0.5, 0.6) is 5.75 Å². The molecule has 2 atom stereocenters. The Bertz CT molecular complexity index is 984. The van der Waals surface area contributed by atoms with E-state index in [-0.39, 0.29) is 5.75 Å². The maximum Gasteiger partial charge on any atom is 0.187 e. The van der Waals surface area contributed by atoms with Gasteiger partial charge in [-0.05, 0) is 31.8 Å². The van der Waals surface area contributed by atoms with Crippen molar-refractivity contribution in [2.45, 2.75) is 44.2 Å². The number of hydrogen-bond acceptors (Lipinski definition) is 7. The summed E-state index contributed by atoms with van der Waals surface area (Å²) in [5, 5.41) is 22.5. The van der Waals surface area contributed by atoms with E-state index in [9.17, 15) is 5.11 Å². The van der Waals surface area contributed by atoms with Gasteiger partial charge in [0.25, 0.3) is 0 Å². The Labute approximate surface area is 162 Å². The molecule has 0 radical (unpaired) electrons. The van der Waals surface area contributed by atoms with E-state index < -0.39 is 0 Å². The number of aromatic hydroxyl groups is 1. The molecule has 2 aliphatic rings. The van der Waals surface area contributed by atoms with Crippen LogP contribution in [0.1, 0.15) is 37.8 Å². The van der Waals surface area contributed by atoms with Crippen molar-refractivity contribution >= 4 is 6.08 Å². The lowest BCUT2D eigenvalue weighted by Crippen LogP contribution is -2.46. The summed E-state index contributed by atoms with van der Waals surface area (Å²) in [6.07, 6.45) is 16.4. The lowest BCUT2D eigenvalue weighted by molar-refractivity contribution is 0.283. The topological polar surface area (TPSA) is 102 Å². The maximum absolute atomic E-state index is 10.4. The minimum Gasteiger partial charge on any atom is -0.507 e. The molecule has 0 spiro atoms. The van der Waals surface area contributed by atoms with Crippen LogP contribution in [0.3, 0.4) is 0 Å². The monoisotopic (exact) mass is 375 g/mol. The van der Waals surface area contributed by atoms with Crippen molar-refractivity contribution in [3.8, 4) is 23.0 Å². The van der Waals surface area contributed by atoms with Crippen LogP contribution in [-0.4, -0.2) is 46.9 Å². The summed E-state index contributed by atoms with van der Waals surface area (Å²) < 4.78 is 1.71. The second-order valence-electron chi connectivity index (χ2n) is 7.44. The van der Waals surface area contributed by atoms with Crippen molar-refractivity contribution in [1.82, 2.24) is 35.0 Å². The van der Waals surface area contributed by atoms with Crippen molar-refractivity contribution in [2.24, 2.45) is 0 Å². The van der Waals surface area contributed by atoms with Gasteiger partial charge >= 0.3 is 0 Å². The van der Waals surface area contributed by atoms with Crippen molar-refractivity contribution in [3.63, 3.8) is 0 Å². The van der Waals surface area contributed by atoms with Crippen molar-refractivity contribution in [1.29, 1.82) is 0 Å². The Balaban J connectivity index is 1.36. The van der Waals surface area contributed by atoms with Crippen LogP contribution in [0, 0.1) is 0 Å². The molecule has 3 aromatic heterocycles. The van der Waals surface area contributed by atoms with E-state index in [1.165, 1.54) is 24.8 Å². The molecule has 3 aromatic rings. The molecular formula is C20H21N7O. The lowest BCUT2D eigenvalue weighted by Gasteiger charge is -2.37. The average Bonchev–Trinajstić information content (AvgIpc) is 3.23. The first-order valence-corrected chi connectivity index (χ1v) is 9.57. The van der Waals surface area contributed by atoms with Gasteiger partial charge in [0.05, 0.1) is 11.8 Å². The van der Waals surface area contributed by atoms with Crippen LogP contribution in [0.15, 0.2) is 42.8 Å². The van der Waals surface area contributed by atoms with Gasteiger partial charge in [0.15, 0.2) is 5.82 Å². The first-order valence-electron chi connectivity index (χ1n) is 9.57. The SMILES string of the molecule is Oc1cc(-n2ccnc2)ncc1-c1ncc(C=C2CC3CCCC(C2)N3)nn1. The largest absolute Gasteiger partial charge is 0.507 e. The van der Waals surface area contributed by atoms with Gasteiger partial charge in [-0.3, -0.25) is 4.57 Å². The lowest BCUT2D eigenvalue weighted by atomic mass is 9.83. The number of nitrogens with zero attached hydrogens (tertiary/aromatic N) is 6. The fourth-order valence-electron chi connectivity index (χ4n) is 4.09. The predicted octanol–water partition coefficient (Wildman–Crippen LogP) is 2.51. The standard InChI is InChI=1S/C20H21N7O/c28-18-9-19(27-5-4-21-12-27)22-11-17(18)20-23-10-16(25-26-20)8-13-6-14-2-1-3-15(7-13)24-14/h4-5,8-12,14-15,24H,1-3,6-7H2,(H,22,28).